The summed E-state index contributed by atoms with van der Waals surface area (Å²) in [5.41, 5.74) is 0. The zero-order chi connectivity index (χ0) is 10.9. The Hall–Kier alpha value is -0.0800. The van der Waals surface area contributed by atoms with Crippen molar-refractivity contribution in [1.82, 2.24) is 10.2 Å². The van der Waals surface area contributed by atoms with Crippen LogP contribution in [0.4, 0.5) is 0 Å². The van der Waals surface area contributed by atoms with Gasteiger partial charge in [0.05, 0.1) is 0 Å². The molecule has 0 saturated carbocycles. The lowest BCUT2D eigenvalue weighted by molar-refractivity contribution is 0.190. The minimum absolute atomic E-state index is 0.859. The molecule has 0 aromatic rings. The molecule has 2 saturated heterocycles. The highest BCUT2D eigenvalue weighted by molar-refractivity contribution is 4.81. The van der Waals surface area contributed by atoms with Gasteiger partial charge in [-0.05, 0) is 38.9 Å². The van der Waals surface area contributed by atoms with Gasteiger partial charge in [0.1, 0.15) is 0 Å². The smallest absolute Gasteiger partial charge is 0.0232 e. The molecule has 2 heterocycles. The molecule has 2 heteroatoms. The van der Waals surface area contributed by atoms with Gasteiger partial charge in [0.15, 0.2) is 0 Å². The van der Waals surface area contributed by atoms with Crippen LogP contribution in [0.1, 0.15) is 52.4 Å². The van der Waals surface area contributed by atoms with Crippen LogP contribution in [0, 0.1) is 0 Å². The second kappa shape index (κ2) is 8.12. The molecule has 0 amide bonds. The summed E-state index contributed by atoms with van der Waals surface area (Å²) < 4.78 is 0. The summed E-state index contributed by atoms with van der Waals surface area (Å²) in [7, 11) is 0. The maximum atomic E-state index is 3.46. The number of hydrogen-bond acceptors (Lipinski definition) is 2. The van der Waals surface area contributed by atoms with E-state index in [-0.39, 0.29) is 0 Å². The average molecular weight is 212 g/mol. The van der Waals surface area contributed by atoms with Gasteiger partial charge in [-0.2, -0.15) is 0 Å². The van der Waals surface area contributed by atoms with E-state index < -0.39 is 0 Å². The second-order valence-corrected chi connectivity index (χ2v) is 4.45. The lowest BCUT2D eigenvalue weighted by Gasteiger charge is -2.29. The third-order valence-electron chi connectivity index (χ3n) is 3.44. The molecule has 0 radical (unpaired) electrons. The van der Waals surface area contributed by atoms with Crippen molar-refractivity contribution in [2.45, 2.75) is 58.4 Å². The van der Waals surface area contributed by atoms with Gasteiger partial charge >= 0.3 is 0 Å². The van der Waals surface area contributed by atoms with Crippen molar-refractivity contribution in [3.8, 4) is 0 Å². The molecule has 1 unspecified atom stereocenters. The number of likely N-dealkylation sites (tertiary alicyclic amines) is 1. The Labute approximate surface area is 95.4 Å². The summed E-state index contributed by atoms with van der Waals surface area (Å²) >= 11 is 0. The van der Waals surface area contributed by atoms with Crippen molar-refractivity contribution in [3.05, 3.63) is 0 Å². The quantitative estimate of drug-likeness (QED) is 0.719. The molecule has 90 valence electrons. The molecule has 2 aliphatic heterocycles. The van der Waals surface area contributed by atoms with Crippen molar-refractivity contribution in [1.29, 1.82) is 0 Å². The number of nitrogens with zero attached hydrogens (tertiary/aromatic N) is 1. The summed E-state index contributed by atoms with van der Waals surface area (Å²) in [5, 5.41) is 3.46. The van der Waals surface area contributed by atoms with Gasteiger partial charge in [-0.1, -0.05) is 33.1 Å². The Kier molecular flexibility index (Phi) is 7.03. The SMILES string of the molecule is C1CCCN(C2CCNC2)CCC1.CC. The molecule has 2 aliphatic rings. The Bertz CT molecular complexity index is 133. The highest BCUT2D eigenvalue weighted by Crippen LogP contribution is 2.15. The maximum Gasteiger partial charge on any atom is 0.0232 e. The van der Waals surface area contributed by atoms with E-state index in [9.17, 15) is 0 Å². The van der Waals surface area contributed by atoms with E-state index in [0.29, 0.717) is 0 Å². The molecular weight excluding hydrogens is 184 g/mol. The zero-order valence-corrected chi connectivity index (χ0v) is 10.6. The molecule has 2 rings (SSSR count). The highest BCUT2D eigenvalue weighted by atomic mass is 15.2. The molecule has 2 nitrogen and oxygen atoms in total. The topological polar surface area (TPSA) is 15.3 Å². The number of nitrogens with one attached hydrogen (secondary N) is 1. The summed E-state index contributed by atoms with van der Waals surface area (Å²) in [4.78, 5) is 2.72. The van der Waals surface area contributed by atoms with Gasteiger partial charge in [0.25, 0.3) is 0 Å². The van der Waals surface area contributed by atoms with Gasteiger partial charge in [-0.25, -0.2) is 0 Å². The Balaban J connectivity index is 0.000000531. The monoisotopic (exact) mass is 212 g/mol. The third-order valence-corrected chi connectivity index (χ3v) is 3.44. The van der Waals surface area contributed by atoms with Crippen LogP contribution in [0.2, 0.25) is 0 Å². The average Bonchev–Trinajstić information content (AvgIpc) is 2.73. The summed E-state index contributed by atoms with van der Waals surface area (Å²) in [6, 6.07) is 0.859. The minimum Gasteiger partial charge on any atom is -0.315 e. The van der Waals surface area contributed by atoms with Crippen molar-refractivity contribution in [2.24, 2.45) is 0 Å². The van der Waals surface area contributed by atoms with E-state index in [1.807, 2.05) is 13.8 Å². The predicted molar refractivity (Wildman–Crippen MR) is 67.3 cm³/mol. The van der Waals surface area contributed by atoms with Crippen molar-refractivity contribution < 1.29 is 0 Å². The number of hydrogen-bond donors (Lipinski definition) is 1. The van der Waals surface area contributed by atoms with Crippen LogP contribution in [-0.4, -0.2) is 37.1 Å². The van der Waals surface area contributed by atoms with Crippen LogP contribution in [0.3, 0.4) is 0 Å². The fourth-order valence-corrected chi connectivity index (χ4v) is 2.59. The molecule has 15 heavy (non-hydrogen) atoms. The Morgan fingerprint density at radius 3 is 2.07 bits per heavy atom. The standard InChI is InChI=1S/C11H22N2.C2H6/c1-2-4-8-13(9-5-3-1)11-6-7-12-10-11;1-2/h11-12H,1-10H2;1-2H3. The maximum absolute atomic E-state index is 3.46. The van der Waals surface area contributed by atoms with Crippen LogP contribution in [0.5, 0.6) is 0 Å². The summed E-state index contributed by atoms with van der Waals surface area (Å²) in [6.45, 7) is 9.18. The number of rotatable bonds is 1. The van der Waals surface area contributed by atoms with E-state index in [4.69, 9.17) is 0 Å². The molecule has 1 atom stereocenters. The summed E-state index contributed by atoms with van der Waals surface area (Å²) in [6.07, 6.45) is 8.61. The van der Waals surface area contributed by atoms with Crippen molar-refractivity contribution in [2.75, 3.05) is 26.2 Å². The Morgan fingerprint density at radius 1 is 0.933 bits per heavy atom. The molecule has 0 aliphatic carbocycles. The van der Waals surface area contributed by atoms with E-state index in [2.05, 4.69) is 10.2 Å². The lowest BCUT2D eigenvalue weighted by atomic mass is 10.1. The largest absolute Gasteiger partial charge is 0.315 e. The third kappa shape index (κ3) is 4.52. The van der Waals surface area contributed by atoms with Crippen LogP contribution in [0.15, 0.2) is 0 Å². The van der Waals surface area contributed by atoms with Gasteiger partial charge in [0.2, 0.25) is 0 Å². The zero-order valence-electron chi connectivity index (χ0n) is 10.6. The van der Waals surface area contributed by atoms with E-state index in [1.165, 1.54) is 64.7 Å². The molecule has 2 fully saturated rings. The fraction of sp³-hybridized carbons (Fsp3) is 1.00. The predicted octanol–water partition coefficient (Wildman–Crippen LogP) is 2.64. The van der Waals surface area contributed by atoms with Crippen LogP contribution < -0.4 is 5.32 Å². The molecule has 1 N–H and O–H groups in total. The lowest BCUT2D eigenvalue weighted by Crippen LogP contribution is -2.38. The first-order chi connectivity index (χ1) is 7.47. The molecule has 0 spiro atoms. The van der Waals surface area contributed by atoms with Gasteiger partial charge in [-0.15, -0.1) is 0 Å². The molecular formula is C13H28N2. The fourth-order valence-electron chi connectivity index (χ4n) is 2.59. The first-order valence-electron chi connectivity index (χ1n) is 6.91. The normalized spacial score (nSPS) is 28.8. The molecule has 0 aromatic heterocycles. The van der Waals surface area contributed by atoms with Crippen LogP contribution in [0.25, 0.3) is 0 Å². The van der Waals surface area contributed by atoms with Crippen molar-refractivity contribution >= 4 is 0 Å². The Morgan fingerprint density at radius 2 is 1.53 bits per heavy atom. The van der Waals surface area contributed by atoms with E-state index >= 15 is 0 Å². The van der Waals surface area contributed by atoms with Gasteiger partial charge in [0, 0.05) is 12.6 Å². The molecule has 0 bridgehead atoms. The second-order valence-electron chi connectivity index (χ2n) is 4.45. The van der Waals surface area contributed by atoms with E-state index in [1.54, 1.807) is 0 Å². The first-order valence-corrected chi connectivity index (χ1v) is 6.91. The van der Waals surface area contributed by atoms with Crippen LogP contribution >= 0.6 is 0 Å². The van der Waals surface area contributed by atoms with Gasteiger partial charge < -0.3 is 5.32 Å². The van der Waals surface area contributed by atoms with Crippen molar-refractivity contribution in [3.63, 3.8) is 0 Å². The summed E-state index contributed by atoms with van der Waals surface area (Å²) in [5.74, 6) is 0. The van der Waals surface area contributed by atoms with Crippen LogP contribution in [-0.2, 0) is 0 Å². The first kappa shape index (κ1) is 13.0. The molecule has 0 aromatic carbocycles. The van der Waals surface area contributed by atoms with Gasteiger partial charge in [-0.3, -0.25) is 4.90 Å². The van der Waals surface area contributed by atoms with E-state index in [0.717, 1.165) is 6.04 Å². The minimum atomic E-state index is 0.859. The highest BCUT2D eigenvalue weighted by Gasteiger charge is 2.21.